The van der Waals surface area contributed by atoms with Gasteiger partial charge in [0.25, 0.3) is 0 Å². The highest BCUT2D eigenvalue weighted by Crippen LogP contribution is 2.29. The van der Waals surface area contributed by atoms with Crippen molar-refractivity contribution in [2.75, 3.05) is 19.6 Å². The van der Waals surface area contributed by atoms with Crippen molar-refractivity contribution in [2.45, 2.75) is 77.3 Å². The van der Waals surface area contributed by atoms with Gasteiger partial charge in [-0.3, -0.25) is 4.90 Å². The number of nitrogens with one attached hydrogen (secondary N) is 1. The monoisotopic (exact) mass is 252 g/mol. The Morgan fingerprint density at radius 1 is 1.11 bits per heavy atom. The van der Waals surface area contributed by atoms with Crippen LogP contribution in [0, 0.1) is 5.92 Å². The molecule has 0 spiro atoms. The van der Waals surface area contributed by atoms with Crippen molar-refractivity contribution in [3.05, 3.63) is 0 Å². The van der Waals surface area contributed by atoms with Crippen LogP contribution in [0.1, 0.15) is 65.2 Å². The van der Waals surface area contributed by atoms with Crippen LogP contribution in [-0.2, 0) is 0 Å². The molecular formula is C16H32N2. The Morgan fingerprint density at radius 2 is 1.89 bits per heavy atom. The van der Waals surface area contributed by atoms with Crippen molar-refractivity contribution in [1.82, 2.24) is 10.2 Å². The van der Waals surface area contributed by atoms with Gasteiger partial charge < -0.3 is 5.32 Å². The summed E-state index contributed by atoms with van der Waals surface area (Å²) in [4.78, 5) is 2.77. The summed E-state index contributed by atoms with van der Waals surface area (Å²) in [7, 11) is 0. The molecule has 1 aliphatic heterocycles. The highest BCUT2D eigenvalue weighted by atomic mass is 15.2. The lowest BCUT2D eigenvalue weighted by Crippen LogP contribution is -2.46. The van der Waals surface area contributed by atoms with Gasteiger partial charge in [0.1, 0.15) is 0 Å². The summed E-state index contributed by atoms with van der Waals surface area (Å²) in [6, 6.07) is 1.64. The van der Waals surface area contributed by atoms with Crippen LogP contribution in [0.4, 0.5) is 0 Å². The summed E-state index contributed by atoms with van der Waals surface area (Å²) >= 11 is 0. The van der Waals surface area contributed by atoms with Crippen molar-refractivity contribution in [3.63, 3.8) is 0 Å². The average Bonchev–Trinajstić information content (AvgIpc) is 3.04. The summed E-state index contributed by atoms with van der Waals surface area (Å²) in [5.74, 6) is 0.953. The summed E-state index contributed by atoms with van der Waals surface area (Å²) in [5.41, 5.74) is 0. The van der Waals surface area contributed by atoms with Gasteiger partial charge in [0, 0.05) is 18.6 Å². The number of hydrogen-bond donors (Lipinski definition) is 1. The van der Waals surface area contributed by atoms with E-state index in [1.807, 2.05) is 0 Å². The minimum Gasteiger partial charge on any atom is -0.312 e. The molecule has 2 rings (SSSR count). The van der Waals surface area contributed by atoms with E-state index in [0.717, 1.165) is 18.0 Å². The normalized spacial score (nSPS) is 28.0. The minimum absolute atomic E-state index is 0.764. The Kier molecular flexibility index (Phi) is 5.97. The van der Waals surface area contributed by atoms with E-state index in [4.69, 9.17) is 0 Å². The van der Waals surface area contributed by atoms with E-state index in [0.29, 0.717) is 0 Å². The van der Waals surface area contributed by atoms with Crippen LogP contribution in [0.5, 0.6) is 0 Å². The molecule has 2 fully saturated rings. The molecule has 1 heterocycles. The molecule has 106 valence electrons. The smallest absolute Gasteiger partial charge is 0.0223 e. The van der Waals surface area contributed by atoms with Gasteiger partial charge in [0.15, 0.2) is 0 Å². The Hall–Kier alpha value is -0.0800. The van der Waals surface area contributed by atoms with Gasteiger partial charge in [0.2, 0.25) is 0 Å². The molecule has 0 aromatic carbocycles. The van der Waals surface area contributed by atoms with Crippen LogP contribution in [0.25, 0.3) is 0 Å². The quantitative estimate of drug-likeness (QED) is 0.747. The fraction of sp³-hybridized carbons (Fsp3) is 1.00. The van der Waals surface area contributed by atoms with Crippen LogP contribution in [-0.4, -0.2) is 36.6 Å². The van der Waals surface area contributed by atoms with Gasteiger partial charge in [0.05, 0.1) is 0 Å². The standard InChI is InChI=1S/C16H32N2/c1-3-11-17-16(14-8-5-6-9-14)13-18-12-7-10-15(18)4-2/h14-17H,3-13H2,1-2H3. The Morgan fingerprint density at radius 3 is 2.56 bits per heavy atom. The SMILES string of the molecule is CCCNC(CN1CCCC1CC)C1CCCC1. The maximum absolute atomic E-state index is 3.84. The molecule has 1 saturated heterocycles. The maximum Gasteiger partial charge on any atom is 0.0223 e. The first-order valence-corrected chi connectivity index (χ1v) is 8.32. The molecule has 2 unspecified atom stereocenters. The Bertz CT molecular complexity index is 223. The maximum atomic E-state index is 3.84. The third kappa shape index (κ3) is 3.71. The second-order valence-corrected chi connectivity index (χ2v) is 6.30. The van der Waals surface area contributed by atoms with Crippen molar-refractivity contribution in [1.29, 1.82) is 0 Å². The molecule has 1 N–H and O–H groups in total. The number of rotatable bonds is 7. The van der Waals surface area contributed by atoms with Gasteiger partial charge in [-0.05, 0) is 57.5 Å². The summed E-state index contributed by atoms with van der Waals surface area (Å²) in [6.45, 7) is 8.49. The molecule has 0 radical (unpaired) electrons. The number of nitrogens with zero attached hydrogens (tertiary/aromatic N) is 1. The lowest BCUT2D eigenvalue weighted by molar-refractivity contribution is 0.191. The van der Waals surface area contributed by atoms with Gasteiger partial charge in [-0.2, -0.15) is 0 Å². The predicted molar refractivity (Wildman–Crippen MR) is 78.9 cm³/mol. The van der Waals surface area contributed by atoms with E-state index >= 15 is 0 Å². The molecule has 1 aliphatic carbocycles. The van der Waals surface area contributed by atoms with Crippen LogP contribution in [0.3, 0.4) is 0 Å². The predicted octanol–water partition coefficient (Wildman–Crippen LogP) is 3.42. The van der Waals surface area contributed by atoms with Crippen molar-refractivity contribution in [3.8, 4) is 0 Å². The highest BCUT2D eigenvalue weighted by molar-refractivity contribution is 4.87. The Balaban J connectivity index is 1.86. The van der Waals surface area contributed by atoms with E-state index in [2.05, 4.69) is 24.1 Å². The molecule has 1 saturated carbocycles. The highest BCUT2D eigenvalue weighted by Gasteiger charge is 2.30. The van der Waals surface area contributed by atoms with Crippen LogP contribution in [0.15, 0.2) is 0 Å². The largest absolute Gasteiger partial charge is 0.312 e. The molecule has 0 aromatic heterocycles. The fourth-order valence-corrected chi connectivity index (χ4v) is 3.92. The number of likely N-dealkylation sites (tertiary alicyclic amines) is 1. The van der Waals surface area contributed by atoms with E-state index in [-0.39, 0.29) is 0 Å². The summed E-state index contributed by atoms with van der Waals surface area (Å²) in [5, 5.41) is 3.84. The van der Waals surface area contributed by atoms with Crippen LogP contribution < -0.4 is 5.32 Å². The lowest BCUT2D eigenvalue weighted by Gasteiger charge is -2.32. The van der Waals surface area contributed by atoms with Gasteiger partial charge in [-0.15, -0.1) is 0 Å². The average molecular weight is 252 g/mol. The zero-order valence-electron chi connectivity index (χ0n) is 12.5. The van der Waals surface area contributed by atoms with Crippen molar-refractivity contribution in [2.24, 2.45) is 5.92 Å². The van der Waals surface area contributed by atoms with Crippen LogP contribution >= 0.6 is 0 Å². The van der Waals surface area contributed by atoms with Crippen LogP contribution in [0.2, 0.25) is 0 Å². The third-order valence-electron chi connectivity index (χ3n) is 5.03. The first kappa shape index (κ1) is 14.3. The second kappa shape index (κ2) is 7.49. The van der Waals surface area contributed by atoms with Gasteiger partial charge in [-0.25, -0.2) is 0 Å². The first-order chi connectivity index (χ1) is 8.85. The van der Waals surface area contributed by atoms with E-state index in [9.17, 15) is 0 Å². The number of hydrogen-bond acceptors (Lipinski definition) is 2. The molecule has 2 nitrogen and oxygen atoms in total. The third-order valence-corrected chi connectivity index (χ3v) is 5.03. The van der Waals surface area contributed by atoms with Gasteiger partial charge in [-0.1, -0.05) is 26.7 Å². The van der Waals surface area contributed by atoms with Crippen molar-refractivity contribution >= 4 is 0 Å². The van der Waals surface area contributed by atoms with Crippen molar-refractivity contribution < 1.29 is 0 Å². The molecule has 2 aliphatic rings. The van der Waals surface area contributed by atoms with E-state index < -0.39 is 0 Å². The molecule has 0 bridgehead atoms. The molecule has 0 aromatic rings. The Labute approximate surface area is 114 Å². The topological polar surface area (TPSA) is 15.3 Å². The first-order valence-electron chi connectivity index (χ1n) is 8.32. The molecular weight excluding hydrogens is 220 g/mol. The molecule has 0 amide bonds. The minimum atomic E-state index is 0.764. The summed E-state index contributed by atoms with van der Waals surface area (Å²) in [6.07, 6.45) is 11.3. The zero-order chi connectivity index (χ0) is 12.8. The lowest BCUT2D eigenvalue weighted by atomic mass is 9.97. The van der Waals surface area contributed by atoms with E-state index in [1.165, 1.54) is 71.0 Å². The van der Waals surface area contributed by atoms with Gasteiger partial charge >= 0.3 is 0 Å². The molecule has 18 heavy (non-hydrogen) atoms. The molecule has 2 heteroatoms. The summed E-state index contributed by atoms with van der Waals surface area (Å²) < 4.78 is 0. The van der Waals surface area contributed by atoms with E-state index in [1.54, 1.807) is 0 Å². The fourth-order valence-electron chi connectivity index (χ4n) is 3.92. The zero-order valence-corrected chi connectivity index (χ0v) is 12.5. The molecule has 2 atom stereocenters. The second-order valence-electron chi connectivity index (χ2n) is 6.30.